The van der Waals surface area contributed by atoms with Crippen molar-refractivity contribution < 1.29 is 4.79 Å². The number of nitrogens with zero attached hydrogens (tertiary/aromatic N) is 2. The van der Waals surface area contributed by atoms with Crippen LogP contribution >= 0.6 is 0 Å². The molecule has 1 amide bonds. The Morgan fingerprint density at radius 2 is 2.22 bits per heavy atom. The van der Waals surface area contributed by atoms with E-state index in [2.05, 4.69) is 10.4 Å². The van der Waals surface area contributed by atoms with E-state index >= 15 is 0 Å². The molecule has 1 saturated carbocycles. The molecule has 1 aliphatic rings. The Morgan fingerprint density at radius 1 is 1.50 bits per heavy atom. The van der Waals surface area contributed by atoms with Gasteiger partial charge in [0.25, 0.3) is 5.56 Å². The summed E-state index contributed by atoms with van der Waals surface area (Å²) in [6.07, 6.45) is 2.26. The molecule has 0 bridgehead atoms. The summed E-state index contributed by atoms with van der Waals surface area (Å²) >= 11 is 0. The van der Waals surface area contributed by atoms with Crippen LogP contribution in [-0.2, 0) is 11.3 Å². The molecule has 18 heavy (non-hydrogen) atoms. The fraction of sp³-hybridized carbons (Fsp3) is 0.615. The lowest BCUT2D eigenvalue weighted by atomic mass is 10.2. The predicted octanol–water partition coefficient (Wildman–Crippen LogP) is 0.893. The van der Waals surface area contributed by atoms with Crippen molar-refractivity contribution in [3.8, 4) is 0 Å². The van der Waals surface area contributed by atoms with Gasteiger partial charge in [-0.15, -0.1) is 0 Å². The molecule has 0 saturated heterocycles. The van der Waals surface area contributed by atoms with Gasteiger partial charge in [-0.05, 0) is 24.8 Å². The van der Waals surface area contributed by atoms with E-state index in [1.54, 1.807) is 6.07 Å². The highest BCUT2D eigenvalue weighted by Gasteiger charge is 2.25. The Balaban J connectivity index is 2.01. The monoisotopic (exact) mass is 249 g/mol. The molecule has 0 aromatic carbocycles. The number of carbonyl (C=O) groups is 1. The third-order valence-corrected chi connectivity index (χ3v) is 2.88. The van der Waals surface area contributed by atoms with Crippen LogP contribution in [0.2, 0.25) is 0 Å². The molecule has 5 nitrogen and oxygen atoms in total. The second kappa shape index (κ2) is 5.33. The zero-order valence-electron chi connectivity index (χ0n) is 10.8. The number of carbonyl (C=O) groups excluding carboxylic acids is 1. The smallest absolute Gasteiger partial charge is 0.267 e. The largest absolute Gasteiger partial charge is 0.354 e. The molecule has 1 aromatic heterocycles. The average molecular weight is 249 g/mol. The predicted molar refractivity (Wildman–Crippen MR) is 68.3 cm³/mol. The van der Waals surface area contributed by atoms with Crippen LogP contribution in [0.4, 0.5) is 0 Å². The Morgan fingerprint density at radius 3 is 2.83 bits per heavy atom. The molecule has 5 heteroatoms. The van der Waals surface area contributed by atoms with E-state index in [9.17, 15) is 9.59 Å². The van der Waals surface area contributed by atoms with E-state index in [0.717, 1.165) is 18.5 Å². The van der Waals surface area contributed by atoms with Gasteiger partial charge >= 0.3 is 0 Å². The topological polar surface area (TPSA) is 64.0 Å². The van der Waals surface area contributed by atoms with Gasteiger partial charge in [0.1, 0.15) is 6.54 Å². The number of hydrogen-bond acceptors (Lipinski definition) is 3. The zero-order valence-corrected chi connectivity index (χ0v) is 10.8. The molecule has 1 N–H and O–H groups in total. The third kappa shape index (κ3) is 3.42. The first kappa shape index (κ1) is 12.8. The molecular weight excluding hydrogens is 230 g/mol. The first-order chi connectivity index (χ1) is 8.56. The van der Waals surface area contributed by atoms with E-state index in [0.29, 0.717) is 18.4 Å². The van der Waals surface area contributed by atoms with E-state index in [4.69, 9.17) is 0 Å². The lowest BCUT2D eigenvalue weighted by Crippen LogP contribution is -2.35. The van der Waals surface area contributed by atoms with Crippen molar-refractivity contribution in [1.82, 2.24) is 15.1 Å². The summed E-state index contributed by atoms with van der Waals surface area (Å²) in [5, 5.41) is 7.03. The zero-order chi connectivity index (χ0) is 13.1. The minimum absolute atomic E-state index is 0.00606. The van der Waals surface area contributed by atoms with Gasteiger partial charge in [0.15, 0.2) is 0 Å². The summed E-state index contributed by atoms with van der Waals surface area (Å²) in [7, 11) is 0. The van der Waals surface area contributed by atoms with Crippen molar-refractivity contribution in [3.05, 3.63) is 28.2 Å². The van der Waals surface area contributed by atoms with Crippen LogP contribution in [-0.4, -0.2) is 22.2 Å². The maximum atomic E-state index is 11.7. The van der Waals surface area contributed by atoms with Gasteiger partial charge in [-0.25, -0.2) is 4.68 Å². The summed E-state index contributed by atoms with van der Waals surface area (Å²) in [5.74, 6) is 0.721. The minimum atomic E-state index is -0.223. The van der Waals surface area contributed by atoms with Crippen molar-refractivity contribution >= 4 is 5.91 Å². The Labute approximate surface area is 106 Å². The number of aromatic nitrogens is 2. The molecule has 0 unspecified atom stereocenters. The summed E-state index contributed by atoms with van der Waals surface area (Å²) in [6, 6.07) is 3.26. The standard InChI is InChI=1S/C13H19N3O2/c1-9(2)7-14-12(17)8-16-13(18)6-5-11(15-16)10-3-4-10/h5-6,9-10H,3-4,7-8H2,1-2H3,(H,14,17). The molecule has 1 aromatic rings. The highest BCUT2D eigenvalue weighted by atomic mass is 16.2. The molecule has 98 valence electrons. The Hall–Kier alpha value is -1.65. The highest BCUT2D eigenvalue weighted by molar-refractivity contribution is 5.75. The van der Waals surface area contributed by atoms with Gasteiger partial charge in [-0.3, -0.25) is 9.59 Å². The van der Waals surface area contributed by atoms with E-state index < -0.39 is 0 Å². The maximum absolute atomic E-state index is 11.7. The van der Waals surface area contributed by atoms with Crippen LogP contribution in [0, 0.1) is 5.92 Å². The van der Waals surface area contributed by atoms with E-state index in [1.807, 2.05) is 13.8 Å². The van der Waals surface area contributed by atoms with E-state index in [1.165, 1.54) is 10.7 Å². The van der Waals surface area contributed by atoms with Gasteiger partial charge in [-0.1, -0.05) is 13.8 Å². The fourth-order valence-corrected chi connectivity index (χ4v) is 1.68. The summed E-state index contributed by atoms with van der Waals surface area (Å²) < 4.78 is 1.25. The normalized spacial score (nSPS) is 14.8. The number of nitrogens with one attached hydrogen (secondary N) is 1. The summed E-state index contributed by atoms with van der Waals surface area (Å²) in [4.78, 5) is 23.3. The van der Waals surface area contributed by atoms with Crippen molar-refractivity contribution in [1.29, 1.82) is 0 Å². The number of hydrogen-bond donors (Lipinski definition) is 1. The van der Waals surface area contributed by atoms with Crippen LogP contribution in [0.15, 0.2) is 16.9 Å². The van der Waals surface area contributed by atoms with Gasteiger partial charge in [0, 0.05) is 18.5 Å². The average Bonchev–Trinajstić information content (AvgIpc) is 3.13. The second-order valence-corrected chi connectivity index (χ2v) is 5.23. The van der Waals surface area contributed by atoms with Gasteiger partial charge in [-0.2, -0.15) is 5.10 Å². The lowest BCUT2D eigenvalue weighted by molar-refractivity contribution is -0.122. The summed E-state index contributed by atoms with van der Waals surface area (Å²) in [6.45, 7) is 4.68. The van der Waals surface area contributed by atoms with Crippen LogP contribution < -0.4 is 10.9 Å². The maximum Gasteiger partial charge on any atom is 0.267 e. The lowest BCUT2D eigenvalue weighted by Gasteiger charge is -2.09. The van der Waals surface area contributed by atoms with Crippen molar-refractivity contribution in [2.45, 2.75) is 39.2 Å². The molecule has 1 fully saturated rings. The second-order valence-electron chi connectivity index (χ2n) is 5.23. The van der Waals surface area contributed by atoms with Crippen molar-refractivity contribution in [2.24, 2.45) is 5.92 Å². The fourth-order valence-electron chi connectivity index (χ4n) is 1.68. The third-order valence-electron chi connectivity index (χ3n) is 2.88. The molecule has 0 aliphatic heterocycles. The SMILES string of the molecule is CC(C)CNC(=O)Cn1nc(C2CC2)ccc1=O. The molecule has 1 heterocycles. The first-order valence-corrected chi connectivity index (χ1v) is 6.41. The van der Waals surface area contributed by atoms with Crippen LogP contribution in [0.1, 0.15) is 38.3 Å². The molecule has 2 rings (SSSR count). The molecule has 0 spiro atoms. The highest BCUT2D eigenvalue weighted by Crippen LogP contribution is 2.38. The molecule has 1 aliphatic carbocycles. The molecular formula is C13H19N3O2. The Bertz CT molecular complexity index is 489. The van der Waals surface area contributed by atoms with Crippen LogP contribution in [0.5, 0.6) is 0 Å². The molecule has 0 radical (unpaired) electrons. The van der Waals surface area contributed by atoms with Gasteiger partial charge in [0.05, 0.1) is 5.69 Å². The van der Waals surface area contributed by atoms with Crippen molar-refractivity contribution in [3.63, 3.8) is 0 Å². The Kier molecular flexibility index (Phi) is 3.79. The first-order valence-electron chi connectivity index (χ1n) is 6.41. The minimum Gasteiger partial charge on any atom is -0.354 e. The van der Waals surface area contributed by atoms with E-state index in [-0.39, 0.29) is 18.0 Å². The van der Waals surface area contributed by atoms with Gasteiger partial charge < -0.3 is 5.32 Å². The van der Waals surface area contributed by atoms with Crippen molar-refractivity contribution in [2.75, 3.05) is 6.54 Å². The molecule has 0 atom stereocenters. The summed E-state index contributed by atoms with van der Waals surface area (Å²) in [5.41, 5.74) is 0.699. The van der Waals surface area contributed by atoms with Gasteiger partial charge in [0.2, 0.25) is 5.91 Å². The van der Waals surface area contributed by atoms with Crippen LogP contribution in [0.3, 0.4) is 0 Å². The van der Waals surface area contributed by atoms with Crippen LogP contribution in [0.25, 0.3) is 0 Å². The number of rotatable bonds is 5. The number of amides is 1. The quantitative estimate of drug-likeness (QED) is 0.843.